The van der Waals surface area contributed by atoms with Gasteiger partial charge in [-0.3, -0.25) is 0 Å². The molecule has 1 aliphatic carbocycles. The highest BCUT2D eigenvalue weighted by atomic mass is 15.1. The van der Waals surface area contributed by atoms with Crippen molar-refractivity contribution in [3.63, 3.8) is 0 Å². The van der Waals surface area contributed by atoms with E-state index >= 15 is 0 Å². The van der Waals surface area contributed by atoms with E-state index in [-0.39, 0.29) is 5.41 Å². The monoisotopic (exact) mass is 754 g/mol. The van der Waals surface area contributed by atoms with E-state index in [0.717, 1.165) is 22.7 Å². The van der Waals surface area contributed by atoms with Gasteiger partial charge in [-0.2, -0.15) is 0 Å². The summed E-state index contributed by atoms with van der Waals surface area (Å²) in [6, 6.07) is 80.0. The van der Waals surface area contributed by atoms with Crippen molar-refractivity contribution in [2.24, 2.45) is 0 Å². The Morgan fingerprint density at radius 2 is 0.898 bits per heavy atom. The van der Waals surface area contributed by atoms with Crippen molar-refractivity contribution < 1.29 is 0 Å². The van der Waals surface area contributed by atoms with E-state index in [2.05, 4.69) is 242 Å². The molecule has 11 rings (SSSR count). The first-order chi connectivity index (χ1) is 29.1. The molecule has 0 N–H and O–H groups in total. The minimum Gasteiger partial charge on any atom is -0.310 e. The Bertz CT molecular complexity index is 3140. The van der Waals surface area contributed by atoms with Gasteiger partial charge in [0, 0.05) is 38.8 Å². The standard InChI is InChI=1S/C57H42N2/c1-57(2)51-31-14-11-26-46(51)50-38-43(35-36-52(50)57)58(41-23-17-24-42(37-41)59-53-32-15-12-27-47(53)48-28-13-16-33-54(48)59)55-34-18-30-45(40-21-7-4-8-22-40)56(55)49-29-10-9-25-44(49)39-19-5-3-6-20-39/h3-38H,1-2H3. The third-order valence-corrected chi connectivity index (χ3v) is 12.4. The predicted molar refractivity (Wildman–Crippen MR) is 249 cm³/mol. The van der Waals surface area contributed by atoms with Gasteiger partial charge in [0.2, 0.25) is 0 Å². The predicted octanol–water partition coefficient (Wildman–Crippen LogP) is 15.6. The molecule has 1 aliphatic rings. The molecule has 2 heteroatoms. The van der Waals surface area contributed by atoms with E-state index in [9.17, 15) is 0 Å². The van der Waals surface area contributed by atoms with Gasteiger partial charge in [0.05, 0.1) is 16.7 Å². The van der Waals surface area contributed by atoms with Crippen molar-refractivity contribution in [3.05, 3.63) is 230 Å². The van der Waals surface area contributed by atoms with Crippen LogP contribution in [0.1, 0.15) is 25.0 Å². The molecule has 0 bridgehead atoms. The average Bonchev–Trinajstić information content (AvgIpc) is 3.75. The fourth-order valence-corrected chi connectivity index (χ4v) is 9.68. The van der Waals surface area contributed by atoms with Crippen LogP contribution >= 0.6 is 0 Å². The molecule has 0 spiro atoms. The van der Waals surface area contributed by atoms with Crippen LogP contribution < -0.4 is 4.90 Å². The minimum atomic E-state index is -0.0985. The van der Waals surface area contributed by atoms with Crippen LogP contribution in [-0.4, -0.2) is 4.57 Å². The van der Waals surface area contributed by atoms with Gasteiger partial charge in [0.25, 0.3) is 0 Å². The summed E-state index contributed by atoms with van der Waals surface area (Å²) in [4.78, 5) is 2.50. The van der Waals surface area contributed by atoms with Gasteiger partial charge in [-0.1, -0.05) is 184 Å². The quantitative estimate of drug-likeness (QED) is 0.157. The second kappa shape index (κ2) is 13.9. The Morgan fingerprint density at radius 3 is 1.61 bits per heavy atom. The van der Waals surface area contributed by atoms with E-state index < -0.39 is 0 Å². The normalized spacial score (nSPS) is 12.7. The molecular formula is C57H42N2. The highest BCUT2D eigenvalue weighted by molar-refractivity contribution is 6.09. The third-order valence-electron chi connectivity index (χ3n) is 12.4. The zero-order chi connectivity index (χ0) is 39.5. The lowest BCUT2D eigenvalue weighted by Crippen LogP contribution is -2.16. The molecule has 1 heterocycles. The Morgan fingerprint density at radius 1 is 0.373 bits per heavy atom. The molecule has 0 radical (unpaired) electrons. The van der Waals surface area contributed by atoms with Crippen LogP contribution in [0.2, 0.25) is 0 Å². The topological polar surface area (TPSA) is 8.17 Å². The lowest BCUT2D eigenvalue weighted by Gasteiger charge is -2.31. The van der Waals surface area contributed by atoms with Crippen LogP contribution in [0.15, 0.2) is 218 Å². The maximum atomic E-state index is 2.50. The van der Waals surface area contributed by atoms with Crippen LogP contribution in [0.5, 0.6) is 0 Å². The lowest BCUT2D eigenvalue weighted by atomic mass is 9.82. The number of nitrogens with zero attached hydrogens (tertiary/aromatic N) is 2. The number of anilines is 3. The summed E-state index contributed by atoms with van der Waals surface area (Å²) in [5.74, 6) is 0. The van der Waals surface area contributed by atoms with Crippen molar-refractivity contribution in [2.45, 2.75) is 19.3 Å². The highest BCUT2D eigenvalue weighted by Gasteiger charge is 2.36. The fraction of sp³-hybridized carbons (Fsp3) is 0.0526. The molecule has 0 atom stereocenters. The van der Waals surface area contributed by atoms with Gasteiger partial charge in [-0.25, -0.2) is 0 Å². The molecule has 2 nitrogen and oxygen atoms in total. The molecule has 1 aromatic heterocycles. The summed E-state index contributed by atoms with van der Waals surface area (Å²) in [6.07, 6.45) is 0. The fourth-order valence-electron chi connectivity index (χ4n) is 9.68. The van der Waals surface area contributed by atoms with E-state index in [1.54, 1.807) is 0 Å². The number of aromatic nitrogens is 1. The van der Waals surface area contributed by atoms with Gasteiger partial charge in [-0.05, 0) is 98.6 Å². The van der Waals surface area contributed by atoms with Crippen LogP contribution in [0.25, 0.3) is 72.0 Å². The minimum absolute atomic E-state index is 0.0985. The lowest BCUT2D eigenvalue weighted by molar-refractivity contribution is 0.660. The van der Waals surface area contributed by atoms with E-state index in [4.69, 9.17) is 0 Å². The number of hydrogen-bond donors (Lipinski definition) is 0. The van der Waals surface area contributed by atoms with Crippen LogP contribution in [0.4, 0.5) is 17.1 Å². The van der Waals surface area contributed by atoms with Crippen molar-refractivity contribution in [1.82, 2.24) is 4.57 Å². The molecule has 0 aliphatic heterocycles. The summed E-state index contributed by atoms with van der Waals surface area (Å²) in [5.41, 5.74) is 19.1. The Hall–Kier alpha value is -7.42. The summed E-state index contributed by atoms with van der Waals surface area (Å²) in [5, 5.41) is 2.50. The van der Waals surface area contributed by atoms with Crippen LogP contribution in [-0.2, 0) is 5.41 Å². The number of benzene rings is 9. The van der Waals surface area contributed by atoms with Gasteiger partial charge < -0.3 is 9.47 Å². The summed E-state index contributed by atoms with van der Waals surface area (Å²) < 4.78 is 2.42. The second-order valence-electron chi connectivity index (χ2n) is 16.1. The first-order valence-electron chi connectivity index (χ1n) is 20.5. The van der Waals surface area contributed by atoms with E-state index in [1.807, 2.05) is 0 Å². The summed E-state index contributed by atoms with van der Waals surface area (Å²) >= 11 is 0. The molecule has 0 saturated carbocycles. The van der Waals surface area contributed by atoms with Gasteiger partial charge in [0.15, 0.2) is 0 Å². The number of fused-ring (bicyclic) bond motifs is 6. The van der Waals surface area contributed by atoms with Gasteiger partial charge >= 0.3 is 0 Å². The molecule has 0 unspecified atom stereocenters. The first kappa shape index (κ1) is 34.8. The third kappa shape index (κ3) is 5.63. The van der Waals surface area contributed by atoms with Crippen molar-refractivity contribution in [1.29, 1.82) is 0 Å². The summed E-state index contributed by atoms with van der Waals surface area (Å²) in [6.45, 7) is 4.71. The molecule has 9 aromatic carbocycles. The SMILES string of the molecule is CC1(C)c2ccccc2-c2cc(N(c3cccc(-n4c5ccccc5c5ccccc54)c3)c3cccc(-c4ccccc4)c3-c3ccccc3-c3ccccc3)ccc21. The molecule has 10 aromatic rings. The Labute approximate surface area is 345 Å². The Balaban J connectivity index is 1.22. The van der Waals surface area contributed by atoms with Gasteiger partial charge in [-0.15, -0.1) is 0 Å². The van der Waals surface area contributed by atoms with Crippen molar-refractivity contribution in [3.8, 4) is 50.2 Å². The van der Waals surface area contributed by atoms with Crippen LogP contribution in [0, 0.1) is 0 Å². The summed E-state index contributed by atoms with van der Waals surface area (Å²) in [7, 11) is 0. The van der Waals surface area contributed by atoms with E-state index in [0.29, 0.717) is 0 Å². The van der Waals surface area contributed by atoms with Gasteiger partial charge in [0.1, 0.15) is 0 Å². The molecule has 280 valence electrons. The molecule has 0 amide bonds. The molecule has 59 heavy (non-hydrogen) atoms. The first-order valence-corrected chi connectivity index (χ1v) is 20.5. The second-order valence-corrected chi connectivity index (χ2v) is 16.1. The molecule has 0 fully saturated rings. The Kier molecular flexibility index (Phi) is 8.20. The van der Waals surface area contributed by atoms with Crippen molar-refractivity contribution >= 4 is 38.9 Å². The maximum Gasteiger partial charge on any atom is 0.0546 e. The average molecular weight is 755 g/mol. The number of para-hydroxylation sites is 2. The number of hydrogen-bond acceptors (Lipinski definition) is 1. The number of rotatable bonds is 7. The smallest absolute Gasteiger partial charge is 0.0546 e. The molecule has 0 saturated heterocycles. The largest absolute Gasteiger partial charge is 0.310 e. The van der Waals surface area contributed by atoms with Crippen molar-refractivity contribution in [2.75, 3.05) is 4.90 Å². The van der Waals surface area contributed by atoms with Crippen LogP contribution in [0.3, 0.4) is 0 Å². The molecular weight excluding hydrogens is 713 g/mol. The zero-order valence-electron chi connectivity index (χ0n) is 33.2. The maximum absolute atomic E-state index is 2.50. The highest BCUT2D eigenvalue weighted by Crippen LogP contribution is 2.53. The zero-order valence-corrected chi connectivity index (χ0v) is 33.2. The van der Waals surface area contributed by atoms with E-state index in [1.165, 1.54) is 77.4 Å².